The number of benzene rings is 2. The Labute approximate surface area is 157 Å². The second-order valence-corrected chi connectivity index (χ2v) is 5.56. The first kappa shape index (κ1) is 20.0. The number of nitrogens with one attached hydrogen (secondary N) is 2. The summed E-state index contributed by atoms with van der Waals surface area (Å²) in [6, 6.07) is 13.5. The molecule has 0 saturated heterocycles. The van der Waals surface area contributed by atoms with Gasteiger partial charge in [0.15, 0.2) is 0 Å². The number of ether oxygens (including phenoxy) is 2. The van der Waals surface area contributed by atoms with Gasteiger partial charge in [-0.2, -0.15) is 0 Å². The number of amides is 1. The van der Waals surface area contributed by atoms with Crippen molar-refractivity contribution < 1.29 is 23.9 Å². The van der Waals surface area contributed by atoms with Crippen LogP contribution in [-0.2, 0) is 14.3 Å². The summed E-state index contributed by atoms with van der Waals surface area (Å²) in [6.45, 7) is 2.47. The number of para-hydroxylation sites is 1. The number of hydrogen-bond donors (Lipinski definition) is 2. The number of esters is 2. The number of anilines is 2. The number of hydrogen-bond acceptors (Lipinski definition) is 6. The molecule has 0 aromatic heterocycles. The maximum absolute atomic E-state index is 12.1. The van der Waals surface area contributed by atoms with E-state index in [4.69, 9.17) is 9.47 Å². The molecule has 2 rings (SSSR count). The van der Waals surface area contributed by atoms with Crippen molar-refractivity contribution in [3.8, 4) is 0 Å². The van der Waals surface area contributed by atoms with Crippen LogP contribution in [0, 0.1) is 0 Å². The van der Waals surface area contributed by atoms with Crippen LogP contribution in [-0.4, -0.2) is 38.1 Å². The molecule has 2 aromatic rings. The highest BCUT2D eigenvalue weighted by Crippen LogP contribution is 2.16. The Kier molecular flexibility index (Phi) is 7.37. The Bertz CT molecular complexity index is 802. The zero-order valence-corrected chi connectivity index (χ0v) is 15.3. The van der Waals surface area contributed by atoms with Crippen molar-refractivity contribution in [2.75, 3.05) is 30.9 Å². The fourth-order valence-corrected chi connectivity index (χ4v) is 2.35. The quantitative estimate of drug-likeness (QED) is 0.694. The van der Waals surface area contributed by atoms with Crippen LogP contribution in [0.15, 0.2) is 48.5 Å². The molecule has 2 N–H and O–H groups in total. The van der Waals surface area contributed by atoms with Gasteiger partial charge in [-0.3, -0.25) is 4.79 Å². The molecule has 7 nitrogen and oxygen atoms in total. The molecule has 0 spiro atoms. The molecule has 0 bridgehead atoms. The molecule has 0 unspecified atom stereocenters. The average Bonchev–Trinajstić information content (AvgIpc) is 2.68. The van der Waals surface area contributed by atoms with E-state index in [9.17, 15) is 14.4 Å². The van der Waals surface area contributed by atoms with Crippen molar-refractivity contribution in [1.82, 2.24) is 0 Å². The number of methoxy groups -OCH3 is 1. The Hall–Kier alpha value is -3.35. The lowest BCUT2D eigenvalue weighted by Gasteiger charge is -2.10. The Morgan fingerprint density at radius 2 is 1.67 bits per heavy atom. The van der Waals surface area contributed by atoms with Gasteiger partial charge in [0, 0.05) is 18.7 Å². The molecular weight excluding hydrogens is 348 g/mol. The Morgan fingerprint density at radius 3 is 2.33 bits per heavy atom. The van der Waals surface area contributed by atoms with Gasteiger partial charge < -0.3 is 20.1 Å². The van der Waals surface area contributed by atoms with E-state index in [2.05, 4.69) is 10.6 Å². The van der Waals surface area contributed by atoms with E-state index < -0.39 is 5.97 Å². The van der Waals surface area contributed by atoms with Gasteiger partial charge in [-0.05, 0) is 43.3 Å². The van der Waals surface area contributed by atoms with Gasteiger partial charge in [0.25, 0.3) is 0 Å². The summed E-state index contributed by atoms with van der Waals surface area (Å²) in [5.41, 5.74) is 1.97. The smallest absolute Gasteiger partial charge is 0.339 e. The van der Waals surface area contributed by atoms with E-state index in [0.717, 1.165) is 5.69 Å². The molecule has 142 valence electrons. The summed E-state index contributed by atoms with van der Waals surface area (Å²) >= 11 is 0. The second-order valence-electron chi connectivity index (χ2n) is 5.56. The molecule has 0 aliphatic carbocycles. The van der Waals surface area contributed by atoms with Gasteiger partial charge in [-0.25, -0.2) is 9.59 Å². The lowest BCUT2D eigenvalue weighted by atomic mass is 10.1. The number of carbonyl (C=O) groups is 3. The van der Waals surface area contributed by atoms with Crippen molar-refractivity contribution in [2.24, 2.45) is 0 Å². The second kappa shape index (κ2) is 9.96. The lowest BCUT2D eigenvalue weighted by Crippen LogP contribution is -2.18. The first-order chi connectivity index (χ1) is 13.0. The molecule has 0 aliphatic heterocycles. The molecule has 0 radical (unpaired) electrons. The Balaban J connectivity index is 1.85. The maximum Gasteiger partial charge on any atom is 0.339 e. The van der Waals surface area contributed by atoms with E-state index in [-0.39, 0.29) is 18.3 Å². The van der Waals surface area contributed by atoms with E-state index in [1.807, 2.05) is 0 Å². The summed E-state index contributed by atoms with van der Waals surface area (Å²) in [6.07, 6.45) is 0.204. The van der Waals surface area contributed by atoms with Crippen LogP contribution in [0.2, 0.25) is 0 Å². The van der Waals surface area contributed by atoms with Crippen molar-refractivity contribution in [1.29, 1.82) is 0 Å². The minimum atomic E-state index is -0.509. The zero-order valence-electron chi connectivity index (χ0n) is 15.3. The molecule has 0 fully saturated rings. The normalized spacial score (nSPS) is 10.0. The topological polar surface area (TPSA) is 93.7 Å². The fourth-order valence-electron chi connectivity index (χ4n) is 2.35. The van der Waals surface area contributed by atoms with Crippen molar-refractivity contribution in [3.63, 3.8) is 0 Å². The van der Waals surface area contributed by atoms with Crippen LogP contribution in [0.25, 0.3) is 0 Å². The number of rotatable bonds is 8. The third-order valence-corrected chi connectivity index (χ3v) is 3.68. The maximum atomic E-state index is 12.1. The van der Waals surface area contributed by atoms with Crippen LogP contribution < -0.4 is 10.6 Å². The molecular formula is C20H22N2O5. The predicted octanol–water partition coefficient (Wildman–Crippen LogP) is 3.09. The molecule has 0 aliphatic rings. The summed E-state index contributed by atoms with van der Waals surface area (Å²) in [5, 5.41) is 5.81. The highest BCUT2D eigenvalue weighted by molar-refractivity contribution is 6.01. The van der Waals surface area contributed by atoms with Crippen molar-refractivity contribution >= 4 is 29.2 Å². The first-order valence-corrected chi connectivity index (χ1v) is 8.53. The van der Waals surface area contributed by atoms with Crippen molar-refractivity contribution in [2.45, 2.75) is 13.3 Å². The molecule has 27 heavy (non-hydrogen) atoms. The van der Waals surface area contributed by atoms with Gasteiger partial charge in [0.05, 0.1) is 30.5 Å². The van der Waals surface area contributed by atoms with Gasteiger partial charge in [-0.15, -0.1) is 0 Å². The average molecular weight is 370 g/mol. The van der Waals surface area contributed by atoms with Crippen LogP contribution in [0.3, 0.4) is 0 Å². The van der Waals surface area contributed by atoms with Crippen LogP contribution in [0.1, 0.15) is 34.1 Å². The molecule has 1 amide bonds. The van der Waals surface area contributed by atoms with Gasteiger partial charge >= 0.3 is 11.9 Å². The largest absolute Gasteiger partial charge is 0.465 e. The van der Waals surface area contributed by atoms with Gasteiger partial charge in [0.2, 0.25) is 5.91 Å². The predicted molar refractivity (Wildman–Crippen MR) is 102 cm³/mol. The lowest BCUT2D eigenvalue weighted by molar-refractivity contribution is -0.115. The van der Waals surface area contributed by atoms with Gasteiger partial charge in [0.1, 0.15) is 0 Å². The van der Waals surface area contributed by atoms with E-state index in [1.54, 1.807) is 55.5 Å². The third kappa shape index (κ3) is 5.85. The fraction of sp³-hybridized carbons (Fsp3) is 0.250. The van der Waals surface area contributed by atoms with E-state index in [1.165, 1.54) is 7.11 Å². The molecule has 2 aromatic carbocycles. The molecule has 0 saturated carbocycles. The summed E-state index contributed by atoms with van der Waals surface area (Å²) in [7, 11) is 1.29. The van der Waals surface area contributed by atoms with E-state index >= 15 is 0 Å². The minimum absolute atomic E-state index is 0.204. The van der Waals surface area contributed by atoms with E-state index in [0.29, 0.717) is 30.0 Å². The van der Waals surface area contributed by atoms with Crippen LogP contribution in [0.4, 0.5) is 11.4 Å². The highest BCUT2D eigenvalue weighted by atomic mass is 16.5. The van der Waals surface area contributed by atoms with Crippen LogP contribution >= 0.6 is 0 Å². The molecule has 0 atom stereocenters. The zero-order chi connectivity index (χ0) is 19.6. The third-order valence-electron chi connectivity index (χ3n) is 3.68. The summed E-state index contributed by atoms with van der Waals surface area (Å²) in [4.78, 5) is 35.4. The molecule has 7 heteroatoms. The summed E-state index contributed by atoms with van der Waals surface area (Å²) < 4.78 is 9.63. The highest BCUT2D eigenvalue weighted by Gasteiger charge is 2.13. The van der Waals surface area contributed by atoms with Crippen LogP contribution in [0.5, 0.6) is 0 Å². The monoisotopic (exact) mass is 370 g/mol. The standard InChI is InChI=1S/C20H22N2O5/c1-3-27-19(24)14-8-10-15(11-9-14)21-13-12-18(23)22-17-7-5-4-6-16(17)20(25)26-2/h4-11,21H,3,12-13H2,1-2H3,(H,22,23). The van der Waals surface area contributed by atoms with Crippen molar-refractivity contribution in [3.05, 3.63) is 59.7 Å². The van der Waals surface area contributed by atoms with Gasteiger partial charge in [-0.1, -0.05) is 12.1 Å². The minimum Gasteiger partial charge on any atom is -0.465 e. The number of carbonyl (C=O) groups excluding carboxylic acids is 3. The summed E-state index contributed by atoms with van der Waals surface area (Å²) in [5.74, 6) is -1.11. The Morgan fingerprint density at radius 1 is 0.963 bits per heavy atom. The molecule has 0 heterocycles. The first-order valence-electron chi connectivity index (χ1n) is 8.53. The SMILES string of the molecule is CCOC(=O)c1ccc(NCCC(=O)Nc2ccccc2C(=O)OC)cc1.